The van der Waals surface area contributed by atoms with Crippen molar-refractivity contribution in [3.8, 4) is 22.7 Å². The van der Waals surface area contributed by atoms with Gasteiger partial charge >= 0.3 is 0 Å². The number of nitrogens with zero attached hydrogens (tertiary/aromatic N) is 4. The van der Waals surface area contributed by atoms with Gasteiger partial charge < -0.3 is 8.94 Å². The van der Waals surface area contributed by atoms with E-state index in [1.165, 1.54) is 11.3 Å². The average molecular weight is 403 g/mol. The maximum Gasteiger partial charge on any atom is 0.259 e. The van der Waals surface area contributed by atoms with Crippen molar-refractivity contribution >= 4 is 33.5 Å². The Bertz CT molecular complexity index is 1310. The summed E-state index contributed by atoms with van der Waals surface area (Å²) in [6.45, 7) is 1.76. The highest BCUT2D eigenvalue weighted by Crippen LogP contribution is 2.29. The van der Waals surface area contributed by atoms with Gasteiger partial charge in [-0.05, 0) is 37.3 Å². The smallest absolute Gasteiger partial charge is 0.259 e. The predicted octanol–water partition coefficient (Wildman–Crippen LogP) is 4.56. The molecule has 1 amide bonds. The van der Waals surface area contributed by atoms with Crippen LogP contribution in [-0.4, -0.2) is 26.0 Å². The molecule has 5 rings (SSSR count). The largest absolute Gasteiger partial charge is 0.463 e. The minimum atomic E-state index is -0.330. The molecule has 1 N–H and O–H groups in total. The van der Waals surface area contributed by atoms with Crippen molar-refractivity contribution in [1.29, 1.82) is 0 Å². The molecule has 5 aromatic heterocycles. The molecular formula is C20H13N5O3S. The molecule has 0 spiro atoms. The summed E-state index contributed by atoms with van der Waals surface area (Å²) in [6.07, 6.45) is 4.97. The third-order valence-electron chi connectivity index (χ3n) is 4.32. The fraction of sp³-hybridized carbons (Fsp3) is 0.0500. The zero-order valence-corrected chi connectivity index (χ0v) is 15.9. The van der Waals surface area contributed by atoms with Crippen LogP contribution in [0.4, 0.5) is 5.13 Å². The maximum absolute atomic E-state index is 13.1. The van der Waals surface area contributed by atoms with Crippen molar-refractivity contribution in [2.75, 3.05) is 5.32 Å². The summed E-state index contributed by atoms with van der Waals surface area (Å²) in [4.78, 5) is 26.0. The van der Waals surface area contributed by atoms with Crippen LogP contribution in [0.1, 0.15) is 16.1 Å². The van der Waals surface area contributed by atoms with Gasteiger partial charge in [0.05, 0.1) is 28.6 Å². The molecule has 142 valence electrons. The van der Waals surface area contributed by atoms with Crippen LogP contribution in [0.5, 0.6) is 0 Å². The van der Waals surface area contributed by atoms with Crippen molar-refractivity contribution in [2.24, 2.45) is 0 Å². The Balaban J connectivity index is 1.51. The van der Waals surface area contributed by atoms with E-state index in [-0.39, 0.29) is 11.6 Å². The first-order valence-electron chi connectivity index (χ1n) is 8.67. The summed E-state index contributed by atoms with van der Waals surface area (Å²) in [7, 11) is 0. The topological polar surface area (TPSA) is 107 Å². The zero-order chi connectivity index (χ0) is 19.8. The summed E-state index contributed by atoms with van der Waals surface area (Å²) in [5, 5.41) is 9.70. The van der Waals surface area contributed by atoms with Crippen molar-refractivity contribution < 1.29 is 13.7 Å². The van der Waals surface area contributed by atoms with E-state index in [9.17, 15) is 4.79 Å². The number of carbonyl (C=O) groups is 1. The molecule has 29 heavy (non-hydrogen) atoms. The van der Waals surface area contributed by atoms with Crippen molar-refractivity contribution in [1.82, 2.24) is 20.1 Å². The third kappa shape index (κ3) is 3.17. The van der Waals surface area contributed by atoms with E-state index < -0.39 is 0 Å². The van der Waals surface area contributed by atoms with E-state index >= 15 is 0 Å². The van der Waals surface area contributed by atoms with E-state index in [0.29, 0.717) is 33.2 Å². The highest BCUT2D eigenvalue weighted by Gasteiger charge is 2.21. The number of aromatic nitrogens is 4. The average Bonchev–Trinajstić information content (AvgIpc) is 3.50. The molecule has 0 aliphatic heterocycles. The van der Waals surface area contributed by atoms with Crippen LogP contribution >= 0.6 is 11.3 Å². The van der Waals surface area contributed by atoms with Crippen LogP contribution in [0.2, 0.25) is 0 Å². The number of anilines is 1. The molecular weight excluding hydrogens is 390 g/mol. The van der Waals surface area contributed by atoms with E-state index in [4.69, 9.17) is 8.94 Å². The Labute approximate surface area is 168 Å². The van der Waals surface area contributed by atoms with Gasteiger partial charge in [-0.3, -0.25) is 15.1 Å². The summed E-state index contributed by atoms with van der Waals surface area (Å²) >= 11 is 1.34. The first kappa shape index (κ1) is 17.3. The third-order valence-corrected chi connectivity index (χ3v) is 5.08. The van der Waals surface area contributed by atoms with Gasteiger partial charge in [-0.1, -0.05) is 5.16 Å². The molecule has 5 aromatic rings. The highest BCUT2D eigenvalue weighted by molar-refractivity contribution is 7.14. The first-order valence-corrected chi connectivity index (χ1v) is 9.55. The Hall–Kier alpha value is -3.85. The molecule has 0 radical (unpaired) electrons. The summed E-state index contributed by atoms with van der Waals surface area (Å²) in [5.41, 5.74) is 3.36. The second kappa shape index (κ2) is 6.95. The molecule has 0 saturated heterocycles. The summed E-state index contributed by atoms with van der Waals surface area (Å²) < 4.78 is 10.7. The lowest BCUT2D eigenvalue weighted by molar-refractivity contribution is 0.102. The van der Waals surface area contributed by atoms with Crippen molar-refractivity contribution in [2.45, 2.75) is 6.92 Å². The molecule has 0 saturated carbocycles. The number of amides is 1. The number of aryl methyl sites for hydroxylation is 1. The number of pyridine rings is 2. The van der Waals surface area contributed by atoms with Gasteiger partial charge in [0.2, 0.25) is 0 Å². The molecule has 0 unspecified atom stereocenters. The normalized spacial score (nSPS) is 11.1. The number of fused-ring (bicyclic) bond motifs is 1. The molecule has 5 heterocycles. The molecule has 0 atom stereocenters. The quantitative estimate of drug-likeness (QED) is 0.469. The fourth-order valence-electron chi connectivity index (χ4n) is 2.97. The number of hydrogen-bond acceptors (Lipinski definition) is 8. The molecule has 0 aromatic carbocycles. The van der Waals surface area contributed by atoms with Crippen LogP contribution in [-0.2, 0) is 0 Å². The van der Waals surface area contributed by atoms with Crippen LogP contribution in [0, 0.1) is 6.92 Å². The Morgan fingerprint density at radius 3 is 2.90 bits per heavy atom. The van der Waals surface area contributed by atoms with Gasteiger partial charge in [0.1, 0.15) is 5.69 Å². The van der Waals surface area contributed by atoms with Crippen LogP contribution < -0.4 is 5.32 Å². The van der Waals surface area contributed by atoms with E-state index in [0.717, 1.165) is 11.3 Å². The van der Waals surface area contributed by atoms with Crippen molar-refractivity contribution in [3.63, 3.8) is 0 Å². The number of thiazole rings is 1. The van der Waals surface area contributed by atoms with E-state index in [1.807, 2.05) is 17.5 Å². The fourth-order valence-corrected chi connectivity index (χ4v) is 3.68. The highest BCUT2D eigenvalue weighted by atomic mass is 32.1. The minimum absolute atomic E-state index is 0.275. The number of furan rings is 1. The predicted molar refractivity (Wildman–Crippen MR) is 108 cm³/mol. The van der Waals surface area contributed by atoms with E-state index in [1.54, 1.807) is 43.8 Å². The van der Waals surface area contributed by atoms with Crippen LogP contribution in [0.15, 0.2) is 63.3 Å². The van der Waals surface area contributed by atoms with Gasteiger partial charge in [-0.15, -0.1) is 11.3 Å². The standard InChI is InChI=1S/C20H13N5O3S/c1-11-17-13(8-14(16-5-3-7-27-16)22-19(17)28-25-11)18(26)24-20-23-15(10-29-20)12-4-2-6-21-9-12/h2-10H,1H3,(H,23,24,26). The second-order valence-electron chi connectivity index (χ2n) is 6.21. The van der Waals surface area contributed by atoms with Gasteiger partial charge in [0, 0.05) is 23.3 Å². The Morgan fingerprint density at radius 2 is 2.10 bits per heavy atom. The summed E-state index contributed by atoms with van der Waals surface area (Å²) in [6, 6.07) is 8.93. The molecule has 0 fully saturated rings. The number of carbonyl (C=O) groups excluding carboxylic acids is 1. The number of nitrogens with one attached hydrogen (secondary N) is 1. The van der Waals surface area contributed by atoms with Crippen LogP contribution in [0.3, 0.4) is 0 Å². The van der Waals surface area contributed by atoms with E-state index in [2.05, 4.69) is 25.4 Å². The van der Waals surface area contributed by atoms with Gasteiger partial charge in [0.25, 0.3) is 11.6 Å². The SMILES string of the molecule is Cc1noc2nc(-c3ccco3)cc(C(=O)Nc3nc(-c4cccnc4)cs3)c12. The molecule has 0 bridgehead atoms. The van der Waals surface area contributed by atoms with Gasteiger partial charge in [-0.2, -0.15) is 0 Å². The number of rotatable bonds is 4. The lowest BCUT2D eigenvalue weighted by atomic mass is 10.1. The number of hydrogen-bond donors (Lipinski definition) is 1. The van der Waals surface area contributed by atoms with Gasteiger partial charge in [-0.25, -0.2) is 9.97 Å². The summed E-state index contributed by atoms with van der Waals surface area (Å²) in [5.74, 6) is 0.201. The minimum Gasteiger partial charge on any atom is -0.463 e. The second-order valence-corrected chi connectivity index (χ2v) is 7.07. The lowest BCUT2D eigenvalue weighted by Crippen LogP contribution is -2.13. The van der Waals surface area contributed by atoms with Gasteiger partial charge in [0.15, 0.2) is 10.9 Å². The Kier molecular flexibility index (Phi) is 4.14. The molecule has 0 aliphatic rings. The molecule has 0 aliphatic carbocycles. The molecule has 9 heteroatoms. The monoisotopic (exact) mass is 403 g/mol. The van der Waals surface area contributed by atoms with Crippen LogP contribution in [0.25, 0.3) is 33.8 Å². The Morgan fingerprint density at radius 1 is 1.17 bits per heavy atom. The van der Waals surface area contributed by atoms with Crippen molar-refractivity contribution in [3.05, 3.63) is 65.6 Å². The first-order chi connectivity index (χ1) is 14.2. The maximum atomic E-state index is 13.1. The zero-order valence-electron chi connectivity index (χ0n) is 15.1. The molecule has 8 nitrogen and oxygen atoms in total. The lowest BCUT2D eigenvalue weighted by Gasteiger charge is -2.05.